The number of ether oxygens (including phenoxy) is 1. The molecule has 0 radical (unpaired) electrons. The average Bonchev–Trinajstić information content (AvgIpc) is 3.08. The van der Waals surface area contributed by atoms with Crippen molar-refractivity contribution in [2.75, 3.05) is 13.7 Å². The van der Waals surface area contributed by atoms with E-state index in [4.69, 9.17) is 19.8 Å². The van der Waals surface area contributed by atoms with E-state index in [0.29, 0.717) is 11.1 Å². The zero-order chi connectivity index (χ0) is 19.1. The number of hydrogen-bond acceptors (Lipinski definition) is 6. The van der Waals surface area contributed by atoms with Crippen LogP contribution in [0.4, 0.5) is 0 Å². The summed E-state index contributed by atoms with van der Waals surface area (Å²) in [6, 6.07) is 5.22. The number of nitrogens with one attached hydrogen (secondary N) is 1. The number of fused-ring (bicyclic) bond motifs is 1. The number of H-pyrrole nitrogens is 1. The fraction of sp³-hybridized carbons (Fsp3) is 0.444. The number of aromatic amines is 1. The van der Waals surface area contributed by atoms with Crippen LogP contribution in [-0.4, -0.2) is 48.1 Å². The topological polar surface area (TPSA) is 99.5 Å². The van der Waals surface area contributed by atoms with Gasteiger partial charge in [0.1, 0.15) is 0 Å². The maximum absolute atomic E-state index is 11.7. The summed E-state index contributed by atoms with van der Waals surface area (Å²) in [6.07, 6.45) is 1.90. The van der Waals surface area contributed by atoms with Crippen LogP contribution in [0.5, 0.6) is 0 Å². The van der Waals surface area contributed by atoms with Gasteiger partial charge in [0.05, 0.1) is 35.1 Å². The first kappa shape index (κ1) is 18.6. The summed E-state index contributed by atoms with van der Waals surface area (Å²) in [5.74, 6) is -0.396. The number of carbonyl (C=O) groups excluding carboxylic acids is 1. The van der Waals surface area contributed by atoms with Crippen molar-refractivity contribution in [1.82, 2.24) is 10.2 Å². The molecule has 0 saturated carbocycles. The highest BCUT2D eigenvalue weighted by Crippen LogP contribution is 2.38. The van der Waals surface area contributed by atoms with Crippen LogP contribution in [-0.2, 0) is 14.0 Å². The highest BCUT2D eigenvalue weighted by atomic mass is 16.7. The summed E-state index contributed by atoms with van der Waals surface area (Å²) in [5.41, 5.74) is 7.80. The molecule has 1 aromatic heterocycles. The zero-order valence-electron chi connectivity index (χ0n) is 15.8. The zero-order valence-corrected chi connectivity index (χ0v) is 15.8. The Morgan fingerprint density at radius 3 is 2.54 bits per heavy atom. The van der Waals surface area contributed by atoms with Crippen LogP contribution in [0.25, 0.3) is 17.0 Å². The highest BCUT2D eigenvalue weighted by Gasteiger charge is 2.52. The number of benzene rings is 1. The van der Waals surface area contributed by atoms with Crippen LogP contribution in [0.1, 0.15) is 43.7 Å². The van der Waals surface area contributed by atoms with E-state index < -0.39 is 24.3 Å². The molecule has 0 atom stereocenters. The van der Waals surface area contributed by atoms with Gasteiger partial charge in [-0.1, -0.05) is 0 Å². The first-order chi connectivity index (χ1) is 12.2. The molecule has 7 nitrogen and oxygen atoms in total. The quantitative estimate of drug-likeness (QED) is 0.644. The largest absolute Gasteiger partial charge is 0.491 e. The Morgan fingerprint density at radius 1 is 1.31 bits per heavy atom. The van der Waals surface area contributed by atoms with Crippen LogP contribution >= 0.6 is 0 Å². The molecule has 0 spiro atoms. The lowest BCUT2D eigenvalue weighted by atomic mass is 9.77. The lowest BCUT2D eigenvalue weighted by molar-refractivity contribution is 0.00578. The van der Waals surface area contributed by atoms with Crippen molar-refractivity contribution in [3.8, 4) is 0 Å². The summed E-state index contributed by atoms with van der Waals surface area (Å²) in [6.45, 7) is 8.29. The van der Waals surface area contributed by atoms with E-state index in [1.54, 1.807) is 12.1 Å². The number of carbonyl (C=O) groups is 1. The molecule has 3 rings (SSSR count). The lowest BCUT2D eigenvalue weighted by Crippen LogP contribution is -2.41. The average molecular weight is 357 g/mol. The van der Waals surface area contributed by atoms with Crippen molar-refractivity contribution in [3.63, 3.8) is 0 Å². The number of methoxy groups -OCH3 is 1. The minimum atomic E-state index is -0.516. The van der Waals surface area contributed by atoms with Crippen LogP contribution in [0.2, 0.25) is 0 Å². The molecule has 1 aromatic carbocycles. The molecule has 1 fully saturated rings. The summed E-state index contributed by atoms with van der Waals surface area (Å²) >= 11 is 0. The highest BCUT2D eigenvalue weighted by molar-refractivity contribution is 6.56. The van der Waals surface area contributed by atoms with Crippen molar-refractivity contribution in [1.29, 1.82) is 0 Å². The molecule has 2 aromatic rings. The number of nitrogens with zero attached hydrogens (tertiary/aromatic N) is 1. The first-order valence-corrected chi connectivity index (χ1v) is 8.51. The van der Waals surface area contributed by atoms with Gasteiger partial charge in [0.15, 0.2) is 0 Å². The molecule has 0 amide bonds. The summed E-state index contributed by atoms with van der Waals surface area (Å²) in [5, 5.41) is 8.12. The van der Waals surface area contributed by atoms with E-state index in [0.717, 1.165) is 16.6 Å². The first-order valence-electron chi connectivity index (χ1n) is 8.51. The molecule has 1 aliphatic heterocycles. The van der Waals surface area contributed by atoms with Crippen molar-refractivity contribution in [2.24, 2.45) is 5.73 Å². The third kappa shape index (κ3) is 3.16. The van der Waals surface area contributed by atoms with Gasteiger partial charge < -0.3 is 19.8 Å². The van der Waals surface area contributed by atoms with E-state index in [1.165, 1.54) is 7.11 Å². The molecule has 1 saturated heterocycles. The smallest absolute Gasteiger partial charge is 0.465 e. The molecule has 0 aliphatic carbocycles. The molecular formula is C18H24BN3O4. The Balaban J connectivity index is 1.94. The Hall–Kier alpha value is -2.16. The fourth-order valence-corrected chi connectivity index (χ4v) is 2.79. The Kier molecular flexibility index (Phi) is 4.68. The molecule has 0 unspecified atom stereocenters. The van der Waals surface area contributed by atoms with Gasteiger partial charge in [-0.3, -0.25) is 5.10 Å². The second kappa shape index (κ2) is 6.53. The second-order valence-corrected chi connectivity index (χ2v) is 7.37. The molecule has 1 aliphatic rings. The van der Waals surface area contributed by atoms with E-state index >= 15 is 0 Å². The molecule has 3 N–H and O–H groups in total. The van der Waals surface area contributed by atoms with Gasteiger partial charge in [-0.25, -0.2) is 4.79 Å². The maximum Gasteiger partial charge on any atom is 0.491 e. The number of aromatic nitrogens is 2. The van der Waals surface area contributed by atoms with Crippen molar-refractivity contribution in [2.45, 2.75) is 38.9 Å². The standard InChI is InChI=1S/C18H24BN3O4/c1-17(2)18(3,4)26-19(25-17)12(10-20)9-15-13-7-6-11(16(23)24-5)8-14(13)21-22-15/h6-9H,10,20H2,1-5H3,(H,21,22). The normalized spacial score (nSPS) is 19.2. The molecule has 8 heteroatoms. The lowest BCUT2D eigenvalue weighted by Gasteiger charge is -2.32. The molecule has 0 bridgehead atoms. The fourth-order valence-electron chi connectivity index (χ4n) is 2.79. The molecule has 138 valence electrons. The Labute approximate surface area is 153 Å². The van der Waals surface area contributed by atoms with Crippen LogP contribution < -0.4 is 5.73 Å². The van der Waals surface area contributed by atoms with Crippen LogP contribution in [0, 0.1) is 0 Å². The van der Waals surface area contributed by atoms with Gasteiger partial charge in [0.25, 0.3) is 0 Å². The van der Waals surface area contributed by atoms with Crippen molar-refractivity contribution >= 4 is 30.1 Å². The van der Waals surface area contributed by atoms with Gasteiger partial charge in [-0.15, -0.1) is 0 Å². The third-order valence-electron chi connectivity index (χ3n) is 5.13. The number of rotatable bonds is 4. The molecule has 26 heavy (non-hydrogen) atoms. The summed E-state index contributed by atoms with van der Waals surface area (Å²) < 4.78 is 16.9. The van der Waals surface area contributed by atoms with Crippen molar-refractivity contribution in [3.05, 3.63) is 34.9 Å². The van der Waals surface area contributed by atoms with Gasteiger partial charge in [-0.2, -0.15) is 5.10 Å². The number of hydrogen-bond donors (Lipinski definition) is 2. The Bertz CT molecular complexity index is 856. The third-order valence-corrected chi connectivity index (χ3v) is 5.13. The molecular weight excluding hydrogens is 333 g/mol. The van der Waals surface area contributed by atoms with Crippen LogP contribution in [0.15, 0.2) is 23.7 Å². The Morgan fingerprint density at radius 2 is 1.96 bits per heavy atom. The second-order valence-electron chi connectivity index (χ2n) is 7.37. The van der Waals surface area contributed by atoms with Gasteiger partial charge in [0.2, 0.25) is 0 Å². The monoisotopic (exact) mass is 357 g/mol. The van der Waals surface area contributed by atoms with Gasteiger partial charge in [-0.05, 0) is 57.4 Å². The number of esters is 1. The summed E-state index contributed by atoms with van der Waals surface area (Å²) in [4.78, 5) is 11.7. The SMILES string of the molecule is COC(=O)c1ccc2c(C=C(CN)B3OC(C)(C)C(C)(C)O3)[nH]nc2c1. The van der Waals surface area contributed by atoms with E-state index in [2.05, 4.69) is 10.2 Å². The van der Waals surface area contributed by atoms with E-state index in [1.807, 2.05) is 39.8 Å². The van der Waals surface area contributed by atoms with Crippen molar-refractivity contribution < 1.29 is 18.8 Å². The maximum atomic E-state index is 11.7. The number of nitrogens with two attached hydrogens (primary N) is 1. The van der Waals surface area contributed by atoms with E-state index in [9.17, 15) is 4.79 Å². The van der Waals surface area contributed by atoms with E-state index in [-0.39, 0.29) is 6.54 Å². The predicted molar refractivity (Wildman–Crippen MR) is 101 cm³/mol. The minimum absolute atomic E-state index is 0.289. The predicted octanol–water partition coefficient (Wildman–Crippen LogP) is 2.32. The molecule has 2 heterocycles. The summed E-state index contributed by atoms with van der Waals surface area (Å²) in [7, 11) is 0.835. The van der Waals surface area contributed by atoms with Crippen LogP contribution in [0.3, 0.4) is 0 Å². The van der Waals surface area contributed by atoms with Gasteiger partial charge >= 0.3 is 13.1 Å². The van der Waals surface area contributed by atoms with Gasteiger partial charge in [0, 0.05) is 11.9 Å². The minimum Gasteiger partial charge on any atom is -0.465 e.